The van der Waals surface area contributed by atoms with Gasteiger partial charge in [-0.25, -0.2) is 0 Å². The predicted octanol–water partition coefficient (Wildman–Crippen LogP) is 2.49. The normalized spacial score (nSPS) is 36.3. The maximum Gasteiger partial charge on any atom is 0.211 e. The zero-order valence-electron chi connectivity index (χ0n) is 11.3. The molecule has 104 valence electrons. The average Bonchev–Trinajstić information content (AvgIpc) is 2.65. The number of fused-ring (bicyclic) bond motifs is 1. The van der Waals surface area contributed by atoms with Crippen molar-refractivity contribution < 1.29 is 19.0 Å². The van der Waals surface area contributed by atoms with Gasteiger partial charge in [0.2, 0.25) is 5.79 Å². The quantitative estimate of drug-likeness (QED) is 0.719. The third kappa shape index (κ3) is 2.03. The highest BCUT2D eigenvalue weighted by atomic mass is 16.8. The molecule has 2 unspecified atom stereocenters. The van der Waals surface area contributed by atoms with Crippen LogP contribution in [0, 0.1) is 0 Å². The fraction of sp³-hybridized carbons (Fsp3) is 0.667. The molecular formula is C15H20O4. The Bertz CT molecular complexity index is 418. The fourth-order valence-electron chi connectivity index (χ4n) is 3.19. The molecule has 1 saturated carbocycles. The zero-order valence-corrected chi connectivity index (χ0v) is 11.3. The molecule has 0 aromatic rings. The third-order valence-electron chi connectivity index (χ3n) is 4.32. The molecule has 3 aliphatic rings. The van der Waals surface area contributed by atoms with E-state index in [0.717, 1.165) is 37.7 Å². The van der Waals surface area contributed by atoms with E-state index in [4.69, 9.17) is 14.2 Å². The second-order valence-electron chi connectivity index (χ2n) is 5.53. The Balaban J connectivity index is 1.88. The summed E-state index contributed by atoms with van der Waals surface area (Å²) < 4.78 is 17.7. The second-order valence-corrected chi connectivity index (χ2v) is 5.53. The van der Waals surface area contributed by atoms with Gasteiger partial charge in [0.1, 0.15) is 5.76 Å². The molecule has 0 amide bonds. The number of carbonyl (C=O) groups excluding carboxylic acids is 1. The highest BCUT2D eigenvalue weighted by Crippen LogP contribution is 2.46. The van der Waals surface area contributed by atoms with Crippen molar-refractivity contribution in [1.29, 1.82) is 0 Å². The van der Waals surface area contributed by atoms with Gasteiger partial charge in [-0.3, -0.25) is 4.79 Å². The van der Waals surface area contributed by atoms with E-state index in [1.54, 1.807) is 6.08 Å². The summed E-state index contributed by atoms with van der Waals surface area (Å²) in [5.41, 5.74) is -1.04. The molecule has 1 heterocycles. The Morgan fingerprint density at radius 3 is 2.68 bits per heavy atom. The van der Waals surface area contributed by atoms with Crippen molar-refractivity contribution in [3.8, 4) is 0 Å². The molecule has 0 N–H and O–H groups in total. The lowest BCUT2D eigenvalue weighted by Gasteiger charge is -2.31. The van der Waals surface area contributed by atoms with Crippen LogP contribution in [0.1, 0.15) is 38.5 Å². The first-order valence-electron chi connectivity index (χ1n) is 7.01. The summed E-state index contributed by atoms with van der Waals surface area (Å²) in [6.45, 7) is 0. The maximum absolute atomic E-state index is 11.5. The van der Waals surface area contributed by atoms with Crippen molar-refractivity contribution in [3.05, 3.63) is 24.0 Å². The number of aldehydes is 1. The summed E-state index contributed by atoms with van der Waals surface area (Å²) in [4.78, 5) is 11.5. The van der Waals surface area contributed by atoms with Crippen molar-refractivity contribution in [3.63, 3.8) is 0 Å². The van der Waals surface area contributed by atoms with E-state index in [9.17, 15) is 4.79 Å². The van der Waals surface area contributed by atoms with E-state index < -0.39 is 17.5 Å². The molecule has 2 atom stereocenters. The minimum Gasteiger partial charge on any atom is -0.464 e. The molecule has 1 aliphatic heterocycles. The van der Waals surface area contributed by atoms with Gasteiger partial charge in [-0.15, -0.1) is 0 Å². The number of allylic oxidation sites excluding steroid dienone is 2. The lowest BCUT2D eigenvalue weighted by molar-refractivity contribution is -0.192. The Morgan fingerprint density at radius 1 is 1.32 bits per heavy atom. The van der Waals surface area contributed by atoms with Gasteiger partial charge in [-0.1, -0.05) is 18.9 Å². The molecule has 1 saturated heterocycles. The van der Waals surface area contributed by atoms with Gasteiger partial charge in [-0.2, -0.15) is 0 Å². The van der Waals surface area contributed by atoms with Gasteiger partial charge in [-0.05, 0) is 25.0 Å². The van der Waals surface area contributed by atoms with Gasteiger partial charge in [0.25, 0.3) is 0 Å². The summed E-state index contributed by atoms with van der Waals surface area (Å²) >= 11 is 0. The molecule has 4 heteroatoms. The Kier molecular flexibility index (Phi) is 3.23. The fourth-order valence-corrected chi connectivity index (χ4v) is 3.19. The molecule has 0 aromatic heterocycles. The van der Waals surface area contributed by atoms with Crippen LogP contribution in [-0.2, 0) is 19.0 Å². The molecule has 19 heavy (non-hydrogen) atoms. The molecule has 0 radical (unpaired) electrons. The van der Waals surface area contributed by atoms with Crippen LogP contribution in [0.25, 0.3) is 0 Å². The number of methoxy groups -OCH3 is 1. The standard InChI is InChI=1S/C15H20O4/c1-17-14(11-16)8-6-7-12-13(14)19-15(18-12)9-4-2-3-5-10-15/h6-8,11,13H,2-5,9-10H2,1H3. The highest BCUT2D eigenvalue weighted by molar-refractivity contribution is 5.70. The lowest BCUT2D eigenvalue weighted by Crippen LogP contribution is -2.47. The third-order valence-corrected chi connectivity index (χ3v) is 4.32. The SMILES string of the molecule is COC1(C=O)C=CC=C2OC3(CCCCCC3)OC21. The first kappa shape index (κ1) is 12.9. The molecule has 4 nitrogen and oxygen atoms in total. The van der Waals surface area contributed by atoms with Gasteiger partial charge < -0.3 is 14.2 Å². The largest absolute Gasteiger partial charge is 0.464 e. The second kappa shape index (κ2) is 4.76. The summed E-state index contributed by atoms with van der Waals surface area (Å²) in [6.07, 6.45) is 12.2. The first-order valence-corrected chi connectivity index (χ1v) is 7.01. The number of ether oxygens (including phenoxy) is 3. The van der Waals surface area contributed by atoms with Crippen LogP contribution in [-0.4, -0.2) is 30.9 Å². The van der Waals surface area contributed by atoms with E-state index in [1.165, 1.54) is 20.0 Å². The predicted molar refractivity (Wildman–Crippen MR) is 69.4 cm³/mol. The minimum atomic E-state index is -1.04. The van der Waals surface area contributed by atoms with E-state index in [-0.39, 0.29) is 0 Å². The highest BCUT2D eigenvalue weighted by Gasteiger charge is 2.54. The van der Waals surface area contributed by atoms with E-state index in [1.807, 2.05) is 12.2 Å². The summed E-state index contributed by atoms with van der Waals surface area (Å²) in [7, 11) is 1.53. The Morgan fingerprint density at radius 2 is 2.05 bits per heavy atom. The number of hydrogen-bond acceptors (Lipinski definition) is 4. The Hall–Kier alpha value is -1.13. The topological polar surface area (TPSA) is 44.8 Å². The molecule has 2 aliphatic carbocycles. The maximum atomic E-state index is 11.5. The number of carbonyl (C=O) groups is 1. The van der Waals surface area contributed by atoms with Crippen LogP contribution in [0.4, 0.5) is 0 Å². The van der Waals surface area contributed by atoms with Crippen LogP contribution < -0.4 is 0 Å². The van der Waals surface area contributed by atoms with Crippen LogP contribution in [0.15, 0.2) is 24.0 Å². The zero-order chi connectivity index (χ0) is 13.3. The average molecular weight is 264 g/mol. The molecule has 0 bridgehead atoms. The van der Waals surface area contributed by atoms with Crippen molar-refractivity contribution >= 4 is 6.29 Å². The van der Waals surface area contributed by atoms with E-state index in [0.29, 0.717) is 0 Å². The van der Waals surface area contributed by atoms with E-state index in [2.05, 4.69) is 0 Å². The van der Waals surface area contributed by atoms with Gasteiger partial charge in [0.05, 0.1) is 0 Å². The summed E-state index contributed by atoms with van der Waals surface area (Å²) in [6, 6.07) is 0. The number of rotatable bonds is 2. The van der Waals surface area contributed by atoms with Gasteiger partial charge in [0, 0.05) is 20.0 Å². The van der Waals surface area contributed by atoms with Crippen LogP contribution in [0.5, 0.6) is 0 Å². The van der Waals surface area contributed by atoms with Crippen molar-refractivity contribution in [2.24, 2.45) is 0 Å². The Labute approximate surface area is 113 Å². The molecule has 3 rings (SSSR count). The van der Waals surface area contributed by atoms with Crippen molar-refractivity contribution in [1.82, 2.24) is 0 Å². The number of hydrogen-bond donors (Lipinski definition) is 0. The monoisotopic (exact) mass is 264 g/mol. The molecule has 1 spiro atoms. The molecular weight excluding hydrogens is 244 g/mol. The van der Waals surface area contributed by atoms with Crippen molar-refractivity contribution in [2.75, 3.05) is 7.11 Å². The summed E-state index contributed by atoms with van der Waals surface area (Å²) in [5.74, 6) is 0.171. The molecule has 2 fully saturated rings. The minimum absolute atomic E-state index is 0.446. The summed E-state index contributed by atoms with van der Waals surface area (Å²) in [5, 5.41) is 0. The smallest absolute Gasteiger partial charge is 0.211 e. The van der Waals surface area contributed by atoms with Crippen molar-refractivity contribution in [2.45, 2.75) is 56.0 Å². The van der Waals surface area contributed by atoms with Gasteiger partial charge >= 0.3 is 0 Å². The molecule has 0 aromatic carbocycles. The van der Waals surface area contributed by atoms with Gasteiger partial charge in [0.15, 0.2) is 18.0 Å². The van der Waals surface area contributed by atoms with Crippen LogP contribution in [0.3, 0.4) is 0 Å². The van der Waals surface area contributed by atoms with E-state index >= 15 is 0 Å². The van der Waals surface area contributed by atoms with Crippen LogP contribution >= 0.6 is 0 Å². The first-order chi connectivity index (χ1) is 9.24. The van der Waals surface area contributed by atoms with Crippen LogP contribution in [0.2, 0.25) is 0 Å². The lowest BCUT2D eigenvalue weighted by atomic mass is 9.92.